The number of hydrogen-bond acceptors (Lipinski definition) is 3. The fourth-order valence-corrected chi connectivity index (χ4v) is 2.74. The maximum absolute atomic E-state index is 12.6. The summed E-state index contributed by atoms with van der Waals surface area (Å²) in [5.74, 6) is -0.319. The van der Waals surface area contributed by atoms with E-state index in [9.17, 15) is 13.2 Å². The molecule has 1 aromatic heterocycles. The summed E-state index contributed by atoms with van der Waals surface area (Å²) in [4.78, 5) is 1.96. The number of hydrogen-bond donors (Lipinski definition) is 1. The second kappa shape index (κ2) is 5.03. The summed E-state index contributed by atoms with van der Waals surface area (Å²) in [6.07, 6.45) is -3.80. The highest BCUT2D eigenvalue weighted by Crippen LogP contribution is 2.36. The molecule has 1 saturated heterocycles. The Balaban J connectivity index is 2.14. The molecule has 1 aliphatic heterocycles. The van der Waals surface area contributed by atoms with Crippen LogP contribution in [0.1, 0.15) is 24.1 Å². The minimum atomic E-state index is -4.08. The lowest BCUT2D eigenvalue weighted by molar-refractivity contribution is -0.179. The van der Waals surface area contributed by atoms with Crippen molar-refractivity contribution in [2.75, 3.05) is 18.0 Å². The number of nitrogens with zero attached hydrogens (tertiary/aromatic N) is 3. The Bertz CT molecular complexity index is 445. The highest BCUT2D eigenvalue weighted by Gasteiger charge is 2.41. The van der Waals surface area contributed by atoms with Gasteiger partial charge >= 0.3 is 6.18 Å². The molecule has 7 heteroatoms. The molecule has 108 valence electrons. The highest BCUT2D eigenvalue weighted by molar-refractivity contribution is 5.50. The molecule has 2 heterocycles. The molecule has 0 aromatic carbocycles. The first kappa shape index (κ1) is 14.2. The Kier molecular flexibility index (Phi) is 3.75. The second-order valence-corrected chi connectivity index (χ2v) is 5.02. The molecule has 1 aromatic rings. The van der Waals surface area contributed by atoms with Crippen LogP contribution in [0, 0.1) is 12.8 Å². The molecule has 1 fully saturated rings. The molecule has 1 aliphatic rings. The quantitative estimate of drug-likeness (QED) is 0.898. The smallest absolute Gasteiger partial charge is 0.357 e. The number of piperidine rings is 1. The van der Waals surface area contributed by atoms with E-state index in [1.54, 1.807) is 11.7 Å². The van der Waals surface area contributed by atoms with Gasteiger partial charge in [0.15, 0.2) is 0 Å². The van der Waals surface area contributed by atoms with Gasteiger partial charge in [0, 0.05) is 32.2 Å². The highest BCUT2D eigenvalue weighted by atomic mass is 19.4. The van der Waals surface area contributed by atoms with Crippen LogP contribution in [0.3, 0.4) is 0 Å². The van der Waals surface area contributed by atoms with Crippen molar-refractivity contribution in [2.24, 2.45) is 18.7 Å². The van der Waals surface area contributed by atoms with Crippen LogP contribution in [0.2, 0.25) is 0 Å². The normalized spacial score (nSPS) is 18.1. The number of aryl methyl sites for hydroxylation is 2. The van der Waals surface area contributed by atoms with Gasteiger partial charge in [-0.15, -0.1) is 0 Å². The predicted molar refractivity (Wildman–Crippen MR) is 66.8 cm³/mol. The molecule has 0 saturated carbocycles. The van der Waals surface area contributed by atoms with E-state index in [2.05, 4.69) is 5.10 Å². The summed E-state index contributed by atoms with van der Waals surface area (Å²) in [5.41, 5.74) is 7.48. The van der Waals surface area contributed by atoms with Gasteiger partial charge in [0.1, 0.15) is 5.82 Å². The van der Waals surface area contributed by atoms with Crippen LogP contribution < -0.4 is 10.6 Å². The van der Waals surface area contributed by atoms with E-state index in [1.807, 2.05) is 11.8 Å². The van der Waals surface area contributed by atoms with Gasteiger partial charge in [-0.2, -0.15) is 18.3 Å². The molecule has 0 spiro atoms. The van der Waals surface area contributed by atoms with E-state index in [0.29, 0.717) is 19.6 Å². The average Bonchev–Trinajstić information content (AvgIpc) is 2.62. The van der Waals surface area contributed by atoms with Crippen molar-refractivity contribution in [3.63, 3.8) is 0 Å². The van der Waals surface area contributed by atoms with Crippen LogP contribution >= 0.6 is 0 Å². The maximum Gasteiger partial charge on any atom is 0.391 e. The summed E-state index contributed by atoms with van der Waals surface area (Å²) in [7, 11) is 1.80. The third-order valence-electron chi connectivity index (χ3n) is 3.77. The predicted octanol–water partition coefficient (Wildman–Crippen LogP) is 1.97. The Morgan fingerprint density at radius 2 is 1.89 bits per heavy atom. The van der Waals surface area contributed by atoms with Crippen molar-refractivity contribution in [2.45, 2.75) is 32.5 Å². The standard InChI is InChI=1S/C12H19F3N4/c1-8-10(7-16)11(18(2)17-8)19-5-3-9(4-6-19)12(13,14)15/h9H,3-7,16H2,1-2H3. The van der Waals surface area contributed by atoms with Crippen molar-refractivity contribution in [1.82, 2.24) is 9.78 Å². The number of aromatic nitrogens is 2. The SMILES string of the molecule is Cc1nn(C)c(N2CCC(C(F)(F)F)CC2)c1CN. The third kappa shape index (κ3) is 2.70. The van der Waals surface area contributed by atoms with Crippen molar-refractivity contribution in [3.05, 3.63) is 11.3 Å². The van der Waals surface area contributed by atoms with E-state index in [0.717, 1.165) is 17.1 Å². The van der Waals surface area contributed by atoms with E-state index in [1.165, 1.54) is 0 Å². The van der Waals surface area contributed by atoms with Crippen LogP contribution in [0.4, 0.5) is 19.0 Å². The van der Waals surface area contributed by atoms with Crippen molar-refractivity contribution in [3.8, 4) is 0 Å². The summed E-state index contributed by atoms with van der Waals surface area (Å²) in [6, 6.07) is 0. The summed E-state index contributed by atoms with van der Waals surface area (Å²) < 4.78 is 39.6. The second-order valence-electron chi connectivity index (χ2n) is 5.02. The zero-order chi connectivity index (χ0) is 14.2. The number of halogens is 3. The minimum absolute atomic E-state index is 0.137. The van der Waals surface area contributed by atoms with E-state index < -0.39 is 12.1 Å². The summed E-state index contributed by atoms with van der Waals surface area (Å²) in [5, 5.41) is 4.30. The first-order valence-corrected chi connectivity index (χ1v) is 6.38. The van der Waals surface area contributed by atoms with E-state index in [4.69, 9.17) is 5.73 Å². The average molecular weight is 276 g/mol. The molecule has 2 N–H and O–H groups in total. The zero-order valence-corrected chi connectivity index (χ0v) is 11.2. The Hall–Kier alpha value is -1.24. The lowest BCUT2D eigenvalue weighted by Gasteiger charge is -2.34. The molecule has 0 amide bonds. The molecular weight excluding hydrogens is 257 g/mol. The van der Waals surface area contributed by atoms with E-state index in [-0.39, 0.29) is 12.8 Å². The van der Waals surface area contributed by atoms with Crippen molar-refractivity contribution in [1.29, 1.82) is 0 Å². The molecule has 19 heavy (non-hydrogen) atoms. The van der Waals surface area contributed by atoms with Crippen LogP contribution in [0.15, 0.2) is 0 Å². The molecule has 0 unspecified atom stereocenters. The monoisotopic (exact) mass is 276 g/mol. The largest absolute Gasteiger partial charge is 0.391 e. The van der Waals surface area contributed by atoms with Gasteiger partial charge in [0.2, 0.25) is 0 Å². The lowest BCUT2D eigenvalue weighted by Crippen LogP contribution is -2.40. The van der Waals surface area contributed by atoms with Crippen molar-refractivity contribution >= 4 is 5.82 Å². The molecule has 0 atom stereocenters. The van der Waals surface area contributed by atoms with Gasteiger partial charge in [0.05, 0.1) is 11.6 Å². The first-order valence-electron chi connectivity index (χ1n) is 6.38. The lowest BCUT2D eigenvalue weighted by atomic mass is 9.96. The molecule has 2 rings (SSSR count). The van der Waals surface area contributed by atoms with Gasteiger partial charge in [0.25, 0.3) is 0 Å². The Morgan fingerprint density at radius 3 is 2.37 bits per heavy atom. The number of rotatable bonds is 2. The fraction of sp³-hybridized carbons (Fsp3) is 0.750. The number of nitrogens with two attached hydrogens (primary N) is 1. The molecular formula is C12H19F3N4. The number of alkyl halides is 3. The van der Waals surface area contributed by atoms with Crippen LogP contribution in [0.5, 0.6) is 0 Å². The van der Waals surface area contributed by atoms with E-state index >= 15 is 0 Å². The fourth-order valence-electron chi connectivity index (χ4n) is 2.74. The third-order valence-corrected chi connectivity index (χ3v) is 3.77. The molecule has 4 nitrogen and oxygen atoms in total. The van der Waals surface area contributed by atoms with Crippen LogP contribution in [-0.2, 0) is 13.6 Å². The molecule has 0 aliphatic carbocycles. The minimum Gasteiger partial charge on any atom is -0.357 e. The van der Waals surface area contributed by atoms with Gasteiger partial charge in [-0.1, -0.05) is 0 Å². The summed E-state index contributed by atoms with van der Waals surface area (Å²) >= 11 is 0. The first-order chi connectivity index (χ1) is 8.84. The van der Waals surface area contributed by atoms with Gasteiger partial charge in [-0.05, 0) is 19.8 Å². The van der Waals surface area contributed by atoms with Crippen molar-refractivity contribution < 1.29 is 13.2 Å². The molecule has 0 radical (unpaired) electrons. The van der Waals surface area contributed by atoms with Gasteiger partial charge in [-0.3, -0.25) is 4.68 Å². The molecule has 0 bridgehead atoms. The Morgan fingerprint density at radius 1 is 1.32 bits per heavy atom. The van der Waals surface area contributed by atoms with Crippen LogP contribution in [0.25, 0.3) is 0 Å². The topological polar surface area (TPSA) is 47.1 Å². The number of anilines is 1. The van der Waals surface area contributed by atoms with Crippen LogP contribution in [-0.4, -0.2) is 29.0 Å². The maximum atomic E-state index is 12.6. The van der Waals surface area contributed by atoms with Gasteiger partial charge < -0.3 is 10.6 Å². The summed E-state index contributed by atoms with van der Waals surface area (Å²) in [6.45, 7) is 3.02. The van der Waals surface area contributed by atoms with Gasteiger partial charge in [-0.25, -0.2) is 0 Å². The zero-order valence-electron chi connectivity index (χ0n) is 11.2. The Labute approximate surface area is 110 Å².